The molecule has 0 unspecified atom stereocenters. The van der Waals surface area contributed by atoms with E-state index in [-0.39, 0.29) is 18.0 Å². The maximum atomic E-state index is 11.8. The quantitative estimate of drug-likeness (QED) is 0.904. The molecule has 0 radical (unpaired) electrons. The minimum absolute atomic E-state index is 0.0560. The highest BCUT2D eigenvalue weighted by Gasteiger charge is 2.13. The van der Waals surface area contributed by atoms with Crippen LogP contribution in [-0.4, -0.2) is 28.0 Å². The van der Waals surface area contributed by atoms with Crippen LogP contribution in [0.4, 0.5) is 5.69 Å². The van der Waals surface area contributed by atoms with Crippen molar-refractivity contribution in [2.45, 2.75) is 26.3 Å². The van der Waals surface area contributed by atoms with Crippen molar-refractivity contribution >= 4 is 38.6 Å². The second kappa shape index (κ2) is 5.75. The summed E-state index contributed by atoms with van der Waals surface area (Å²) in [7, 11) is 0. The Bertz CT molecular complexity index is 637. The van der Waals surface area contributed by atoms with Gasteiger partial charge in [-0.15, -0.1) is 0 Å². The molecule has 6 heteroatoms. The summed E-state index contributed by atoms with van der Waals surface area (Å²) < 4.78 is 0.875. The first-order valence-electron chi connectivity index (χ1n) is 6.30. The van der Waals surface area contributed by atoms with Gasteiger partial charge in [0, 0.05) is 22.4 Å². The molecule has 0 aliphatic heterocycles. The van der Waals surface area contributed by atoms with Crippen molar-refractivity contribution in [3.63, 3.8) is 0 Å². The molecule has 0 aromatic carbocycles. The van der Waals surface area contributed by atoms with Crippen LogP contribution < -0.4 is 10.6 Å². The fraction of sp³-hybridized carbons (Fsp3) is 0.357. The van der Waals surface area contributed by atoms with Crippen molar-refractivity contribution in [1.29, 1.82) is 0 Å². The summed E-state index contributed by atoms with van der Waals surface area (Å²) in [6.45, 7) is 6.05. The molecule has 106 valence electrons. The summed E-state index contributed by atoms with van der Waals surface area (Å²) in [6.07, 6.45) is 3.41. The fourth-order valence-corrected chi connectivity index (χ4v) is 2.11. The summed E-state index contributed by atoms with van der Waals surface area (Å²) in [4.78, 5) is 20.4. The maximum Gasteiger partial charge on any atom is 0.239 e. The van der Waals surface area contributed by atoms with E-state index < -0.39 is 0 Å². The van der Waals surface area contributed by atoms with Crippen LogP contribution in [0.2, 0.25) is 0 Å². The van der Waals surface area contributed by atoms with E-state index in [1.807, 2.05) is 32.9 Å². The van der Waals surface area contributed by atoms with Gasteiger partial charge in [0.15, 0.2) is 0 Å². The average molecular weight is 337 g/mol. The van der Waals surface area contributed by atoms with Gasteiger partial charge in [-0.25, -0.2) is 0 Å². The number of amides is 1. The molecule has 2 rings (SSSR count). The van der Waals surface area contributed by atoms with E-state index >= 15 is 0 Å². The molecular weight excluding hydrogens is 320 g/mol. The number of anilines is 1. The molecule has 0 spiro atoms. The molecule has 20 heavy (non-hydrogen) atoms. The molecule has 2 N–H and O–H groups in total. The number of fused-ring (bicyclic) bond motifs is 1. The lowest BCUT2D eigenvalue weighted by Gasteiger charge is -2.20. The normalized spacial score (nSPS) is 11.4. The van der Waals surface area contributed by atoms with Gasteiger partial charge in [-0.3, -0.25) is 14.8 Å². The second-order valence-corrected chi connectivity index (χ2v) is 6.45. The Morgan fingerprint density at radius 3 is 2.80 bits per heavy atom. The Labute approximate surface area is 126 Å². The maximum absolute atomic E-state index is 11.8. The summed E-state index contributed by atoms with van der Waals surface area (Å²) >= 11 is 3.37. The number of pyridine rings is 2. The molecule has 0 atom stereocenters. The van der Waals surface area contributed by atoms with Gasteiger partial charge in [0.25, 0.3) is 0 Å². The standard InChI is InChI=1S/C14H17BrN4O/c1-14(2,3)19-12(20)8-17-10-4-5-16-11-6-9(15)7-18-13(10)11/h4-7H,8H2,1-3H3,(H,16,17)(H,19,20). The van der Waals surface area contributed by atoms with Crippen molar-refractivity contribution < 1.29 is 4.79 Å². The lowest BCUT2D eigenvalue weighted by molar-refractivity contribution is -0.120. The van der Waals surface area contributed by atoms with Gasteiger partial charge in [-0.1, -0.05) is 0 Å². The number of hydrogen-bond acceptors (Lipinski definition) is 4. The zero-order valence-electron chi connectivity index (χ0n) is 11.7. The highest BCUT2D eigenvalue weighted by atomic mass is 79.9. The van der Waals surface area contributed by atoms with Crippen molar-refractivity contribution in [2.75, 3.05) is 11.9 Å². The first-order chi connectivity index (χ1) is 9.35. The molecule has 2 heterocycles. The lowest BCUT2D eigenvalue weighted by atomic mass is 10.1. The highest BCUT2D eigenvalue weighted by molar-refractivity contribution is 9.10. The largest absolute Gasteiger partial charge is 0.374 e. The zero-order chi connectivity index (χ0) is 14.8. The van der Waals surface area contributed by atoms with Gasteiger partial charge in [0.05, 0.1) is 17.7 Å². The predicted octanol–water partition coefficient (Wildman–Crippen LogP) is 2.72. The van der Waals surface area contributed by atoms with E-state index in [4.69, 9.17) is 0 Å². The predicted molar refractivity (Wildman–Crippen MR) is 83.6 cm³/mol. The number of nitrogens with zero attached hydrogens (tertiary/aromatic N) is 2. The Morgan fingerprint density at radius 1 is 1.35 bits per heavy atom. The number of nitrogens with one attached hydrogen (secondary N) is 2. The van der Waals surface area contributed by atoms with Crippen molar-refractivity contribution in [1.82, 2.24) is 15.3 Å². The summed E-state index contributed by atoms with van der Waals surface area (Å²) in [5.74, 6) is -0.0560. The number of halogens is 1. The molecule has 0 saturated heterocycles. The Morgan fingerprint density at radius 2 is 2.10 bits per heavy atom. The molecule has 0 aliphatic carbocycles. The Hall–Kier alpha value is -1.69. The lowest BCUT2D eigenvalue weighted by Crippen LogP contribution is -2.43. The van der Waals surface area contributed by atoms with Crippen LogP contribution in [0.5, 0.6) is 0 Å². The third kappa shape index (κ3) is 3.90. The van der Waals surface area contributed by atoms with Crippen LogP contribution in [0.1, 0.15) is 20.8 Å². The molecule has 0 saturated carbocycles. The molecule has 0 bridgehead atoms. The van der Waals surface area contributed by atoms with Gasteiger partial charge in [0.1, 0.15) is 5.52 Å². The van der Waals surface area contributed by atoms with Gasteiger partial charge in [-0.2, -0.15) is 0 Å². The highest BCUT2D eigenvalue weighted by Crippen LogP contribution is 2.21. The SMILES string of the molecule is CC(C)(C)NC(=O)CNc1ccnc2cc(Br)cnc12. The van der Waals surface area contributed by atoms with E-state index in [1.54, 1.807) is 12.4 Å². The molecule has 2 aromatic heterocycles. The number of carbonyl (C=O) groups excluding carboxylic acids is 1. The van der Waals surface area contributed by atoms with E-state index in [2.05, 4.69) is 36.5 Å². The monoisotopic (exact) mass is 336 g/mol. The van der Waals surface area contributed by atoms with Crippen LogP contribution >= 0.6 is 15.9 Å². The summed E-state index contributed by atoms with van der Waals surface area (Å²) in [5, 5.41) is 6.00. The fourth-order valence-electron chi connectivity index (χ4n) is 1.79. The Balaban J connectivity index is 2.12. The molecule has 2 aromatic rings. The van der Waals surface area contributed by atoms with Gasteiger partial charge >= 0.3 is 0 Å². The number of hydrogen-bond donors (Lipinski definition) is 2. The minimum Gasteiger partial charge on any atom is -0.374 e. The van der Waals surface area contributed by atoms with Crippen LogP contribution in [0, 0.1) is 0 Å². The van der Waals surface area contributed by atoms with E-state index in [0.717, 1.165) is 21.2 Å². The van der Waals surface area contributed by atoms with Gasteiger partial charge in [0.2, 0.25) is 5.91 Å². The second-order valence-electron chi connectivity index (χ2n) is 5.53. The van der Waals surface area contributed by atoms with Crippen molar-refractivity contribution in [3.05, 3.63) is 29.0 Å². The first-order valence-corrected chi connectivity index (χ1v) is 7.09. The van der Waals surface area contributed by atoms with Crippen LogP contribution in [0.25, 0.3) is 11.0 Å². The topological polar surface area (TPSA) is 66.9 Å². The van der Waals surface area contributed by atoms with Gasteiger partial charge < -0.3 is 10.6 Å². The third-order valence-electron chi connectivity index (χ3n) is 2.50. The Kier molecular flexibility index (Phi) is 4.23. The van der Waals surface area contributed by atoms with Crippen LogP contribution in [0.15, 0.2) is 29.0 Å². The molecule has 0 aliphatic rings. The van der Waals surface area contributed by atoms with Crippen LogP contribution in [-0.2, 0) is 4.79 Å². The molecule has 5 nitrogen and oxygen atoms in total. The van der Waals surface area contributed by atoms with Gasteiger partial charge in [-0.05, 0) is 48.8 Å². The average Bonchev–Trinajstić information content (AvgIpc) is 2.33. The molecular formula is C14H17BrN4O. The number of rotatable bonds is 3. The van der Waals surface area contributed by atoms with Crippen LogP contribution in [0.3, 0.4) is 0 Å². The van der Waals surface area contributed by atoms with E-state index in [1.165, 1.54) is 0 Å². The zero-order valence-corrected chi connectivity index (χ0v) is 13.3. The summed E-state index contributed by atoms with van der Waals surface area (Å²) in [5.41, 5.74) is 2.09. The summed E-state index contributed by atoms with van der Waals surface area (Å²) in [6, 6.07) is 3.70. The third-order valence-corrected chi connectivity index (χ3v) is 2.93. The van der Waals surface area contributed by atoms with E-state index in [0.29, 0.717) is 0 Å². The minimum atomic E-state index is -0.234. The number of aromatic nitrogens is 2. The van der Waals surface area contributed by atoms with Crippen molar-refractivity contribution in [3.8, 4) is 0 Å². The molecule has 1 amide bonds. The first kappa shape index (κ1) is 14.7. The molecule has 0 fully saturated rings. The van der Waals surface area contributed by atoms with E-state index in [9.17, 15) is 4.79 Å². The van der Waals surface area contributed by atoms with Crippen molar-refractivity contribution in [2.24, 2.45) is 0 Å². The smallest absolute Gasteiger partial charge is 0.239 e. The number of carbonyl (C=O) groups is 1.